The van der Waals surface area contributed by atoms with Crippen molar-refractivity contribution < 1.29 is 48.3 Å². The molecule has 0 unspecified atom stereocenters. The number of pyridine rings is 1. The number of halogens is 9. The molecule has 0 atom stereocenters. The molecule has 2 aliphatic rings. The van der Waals surface area contributed by atoms with Gasteiger partial charge in [0.25, 0.3) is 0 Å². The third-order valence-corrected chi connectivity index (χ3v) is 7.00. The van der Waals surface area contributed by atoms with Crippen LogP contribution < -0.4 is 32.2 Å². The lowest BCUT2D eigenvalue weighted by Crippen LogP contribution is -3.00. The Kier molecular flexibility index (Phi) is 11.5. The second-order valence-electron chi connectivity index (χ2n) is 8.47. The number of alkyl halides is 6. The molecular weight excluding hydrogens is 803 g/mol. The quantitative estimate of drug-likeness (QED) is 0.232. The maximum atomic E-state index is 12.7. The van der Waals surface area contributed by atoms with E-state index in [0.717, 1.165) is 19.3 Å². The minimum absolute atomic E-state index is 0. The van der Waals surface area contributed by atoms with E-state index in [1.54, 1.807) is 0 Å². The lowest BCUT2D eigenvalue weighted by molar-refractivity contribution is -0.378. The fraction of sp³-hybridized carbons (Fsp3) is 0.348. The lowest BCUT2D eigenvalue weighted by atomic mass is 10.2. The van der Waals surface area contributed by atoms with Crippen LogP contribution in [-0.2, 0) is 38.5 Å². The normalized spacial score (nSPS) is 14.4. The van der Waals surface area contributed by atoms with E-state index in [1.165, 1.54) is 3.57 Å². The summed E-state index contributed by atoms with van der Waals surface area (Å²) in [6.07, 6.45) is -5.04. The highest BCUT2D eigenvalue weighted by atomic mass is 127. The molecule has 2 aliphatic heterocycles. The SMILES string of the molecule is FC(F)(F)c1nnc2n1CCN(c1ccc(Br)cc1)C2.FC(F)(F)c1nnc2n1CCNC2.Ic1cc[nH+]cc1.[Br-]. The van der Waals surface area contributed by atoms with E-state index in [0.29, 0.717) is 37.8 Å². The highest BCUT2D eigenvalue weighted by Crippen LogP contribution is 2.31. The minimum Gasteiger partial charge on any atom is -1.00 e. The number of aromatic amines is 1. The van der Waals surface area contributed by atoms with Crippen LogP contribution in [0.25, 0.3) is 0 Å². The van der Waals surface area contributed by atoms with Crippen molar-refractivity contribution >= 4 is 44.2 Å². The third-order valence-electron chi connectivity index (χ3n) is 5.75. The van der Waals surface area contributed by atoms with E-state index in [2.05, 4.69) is 69.2 Å². The van der Waals surface area contributed by atoms with Gasteiger partial charge in [-0.2, -0.15) is 26.3 Å². The fourth-order valence-corrected chi connectivity index (χ4v) is 4.53. The van der Waals surface area contributed by atoms with Crippen LogP contribution in [0.5, 0.6) is 0 Å². The Labute approximate surface area is 262 Å². The Morgan fingerprint density at radius 3 is 1.88 bits per heavy atom. The molecule has 41 heavy (non-hydrogen) atoms. The molecule has 0 fully saturated rings. The van der Waals surface area contributed by atoms with E-state index >= 15 is 0 Å². The molecule has 6 rings (SSSR count). The first kappa shape index (κ1) is 33.2. The zero-order valence-corrected chi connectivity index (χ0v) is 26.2. The van der Waals surface area contributed by atoms with Crippen molar-refractivity contribution in [3.05, 3.63) is 80.1 Å². The van der Waals surface area contributed by atoms with Gasteiger partial charge in [0.1, 0.15) is 5.82 Å². The molecule has 0 radical (unpaired) electrons. The van der Waals surface area contributed by atoms with Gasteiger partial charge in [0.15, 0.2) is 18.2 Å². The molecule has 0 saturated heterocycles. The first-order chi connectivity index (χ1) is 18.9. The molecule has 18 heteroatoms. The number of fused-ring (bicyclic) bond motifs is 2. The van der Waals surface area contributed by atoms with Crippen LogP contribution in [-0.4, -0.2) is 42.6 Å². The Balaban J connectivity index is 0.000000189. The number of rotatable bonds is 1. The van der Waals surface area contributed by atoms with Crippen LogP contribution in [0.15, 0.2) is 53.3 Å². The smallest absolute Gasteiger partial charge is 0.451 e. The van der Waals surface area contributed by atoms with Gasteiger partial charge in [-0.3, -0.25) is 0 Å². The zero-order chi connectivity index (χ0) is 28.9. The average Bonchev–Trinajstić information content (AvgIpc) is 3.55. The molecule has 0 spiro atoms. The van der Waals surface area contributed by atoms with Crippen molar-refractivity contribution in [1.29, 1.82) is 0 Å². The Morgan fingerprint density at radius 1 is 0.780 bits per heavy atom. The second-order valence-corrected chi connectivity index (χ2v) is 10.6. The molecule has 0 amide bonds. The summed E-state index contributed by atoms with van der Waals surface area (Å²) < 4.78 is 79.5. The van der Waals surface area contributed by atoms with Gasteiger partial charge in [-0.1, -0.05) is 15.9 Å². The summed E-state index contributed by atoms with van der Waals surface area (Å²) in [5.74, 6) is -1.13. The standard InChI is InChI=1S/C12H10BrF3N4.C6H7F3N4.C5H4IN.BrH/c13-8-1-3-9(4-2-8)19-5-6-20-10(7-19)17-18-11(20)12(14,15)16;7-6(8,9)5-12-11-4-3-10-1-2-13(4)5;6-5-1-3-7-4-2-5;/h1-4H,5-7H2;10H,1-3H2;1-4H;1H. The molecule has 222 valence electrons. The zero-order valence-electron chi connectivity index (χ0n) is 20.9. The number of hydrogen-bond donors (Lipinski definition) is 1. The van der Waals surface area contributed by atoms with Gasteiger partial charge in [0, 0.05) is 52.0 Å². The molecule has 0 aliphatic carbocycles. The van der Waals surface area contributed by atoms with E-state index in [4.69, 9.17) is 0 Å². The molecule has 0 saturated carbocycles. The molecule has 9 nitrogen and oxygen atoms in total. The van der Waals surface area contributed by atoms with Gasteiger partial charge in [-0.05, 0) is 46.9 Å². The number of hydrogen-bond acceptors (Lipinski definition) is 6. The molecule has 0 bridgehead atoms. The van der Waals surface area contributed by atoms with Crippen LogP contribution in [0.2, 0.25) is 0 Å². The fourth-order valence-electron chi connectivity index (χ4n) is 3.91. The summed E-state index contributed by atoms with van der Waals surface area (Å²) in [5.41, 5.74) is 0.955. The summed E-state index contributed by atoms with van der Waals surface area (Å²) in [5, 5.41) is 16.4. The van der Waals surface area contributed by atoms with Crippen molar-refractivity contribution in [2.75, 3.05) is 18.0 Å². The van der Waals surface area contributed by atoms with E-state index in [1.807, 2.05) is 53.7 Å². The van der Waals surface area contributed by atoms with Gasteiger partial charge in [-0.15, -0.1) is 20.4 Å². The van der Waals surface area contributed by atoms with Crippen molar-refractivity contribution in [3.8, 4) is 0 Å². The van der Waals surface area contributed by atoms with Crippen LogP contribution in [0.4, 0.5) is 32.0 Å². The summed E-state index contributed by atoms with van der Waals surface area (Å²) in [6, 6.07) is 11.7. The van der Waals surface area contributed by atoms with Gasteiger partial charge in [0.05, 0.1) is 13.1 Å². The summed E-state index contributed by atoms with van der Waals surface area (Å²) in [7, 11) is 0. The van der Waals surface area contributed by atoms with Gasteiger partial charge in [0.2, 0.25) is 11.6 Å². The number of H-pyrrole nitrogens is 1. The molecule has 5 heterocycles. The van der Waals surface area contributed by atoms with Crippen LogP contribution >= 0.6 is 38.5 Å². The Hall–Kier alpha value is -2.32. The number of anilines is 1. The first-order valence-electron chi connectivity index (χ1n) is 11.7. The Bertz CT molecular complexity index is 1400. The number of nitrogens with one attached hydrogen (secondary N) is 2. The number of benzene rings is 1. The van der Waals surface area contributed by atoms with E-state index in [-0.39, 0.29) is 30.1 Å². The van der Waals surface area contributed by atoms with Crippen molar-refractivity contribution in [3.63, 3.8) is 0 Å². The van der Waals surface area contributed by atoms with Crippen LogP contribution in [0, 0.1) is 3.57 Å². The maximum Gasteiger partial charge on any atom is 0.451 e. The Morgan fingerprint density at radius 2 is 1.34 bits per heavy atom. The van der Waals surface area contributed by atoms with Crippen molar-refractivity contribution in [2.24, 2.45) is 0 Å². The molecular formula is C23H22Br2F6IN9. The van der Waals surface area contributed by atoms with Crippen LogP contribution in [0.1, 0.15) is 23.3 Å². The predicted molar refractivity (Wildman–Crippen MR) is 143 cm³/mol. The van der Waals surface area contributed by atoms with Crippen molar-refractivity contribution in [1.82, 2.24) is 34.8 Å². The second kappa shape index (κ2) is 14.2. The van der Waals surface area contributed by atoms with Gasteiger partial charge < -0.3 is 36.3 Å². The highest BCUT2D eigenvalue weighted by molar-refractivity contribution is 14.1. The number of nitrogens with zero attached hydrogens (tertiary/aromatic N) is 7. The molecule has 1 aromatic carbocycles. The van der Waals surface area contributed by atoms with Gasteiger partial charge in [-0.25, -0.2) is 4.98 Å². The average molecular weight is 825 g/mol. The summed E-state index contributed by atoms with van der Waals surface area (Å²) >= 11 is 5.61. The predicted octanol–water partition coefficient (Wildman–Crippen LogP) is 1.59. The highest BCUT2D eigenvalue weighted by Gasteiger charge is 2.40. The third kappa shape index (κ3) is 8.84. The van der Waals surface area contributed by atoms with E-state index < -0.39 is 24.0 Å². The largest absolute Gasteiger partial charge is 1.00 e. The topological polar surface area (TPSA) is 90.8 Å². The maximum absolute atomic E-state index is 12.7. The van der Waals surface area contributed by atoms with Crippen molar-refractivity contribution in [2.45, 2.75) is 38.5 Å². The minimum atomic E-state index is -4.45. The molecule has 3 aromatic heterocycles. The lowest BCUT2D eigenvalue weighted by Gasteiger charge is -2.29. The molecule has 2 N–H and O–H groups in total. The van der Waals surface area contributed by atoms with Gasteiger partial charge >= 0.3 is 12.4 Å². The van der Waals surface area contributed by atoms with Crippen LogP contribution in [0.3, 0.4) is 0 Å². The first-order valence-corrected chi connectivity index (χ1v) is 13.6. The summed E-state index contributed by atoms with van der Waals surface area (Å²) in [6.45, 7) is 2.20. The number of aromatic nitrogens is 7. The monoisotopic (exact) mass is 823 g/mol. The molecule has 4 aromatic rings. The summed E-state index contributed by atoms with van der Waals surface area (Å²) in [4.78, 5) is 4.91. The van der Waals surface area contributed by atoms with E-state index in [9.17, 15) is 26.3 Å².